The zero-order valence-corrected chi connectivity index (χ0v) is 14.0. The number of aromatic nitrogens is 1. The number of amides is 1. The van der Waals surface area contributed by atoms with E-state index in [1.165, 1.54) is 0 Å². The maximum atomic E-state index is 11.9. The summed E-state index contributed by atoms with van der Waals surface area (Å²) in [4.78, 5) is 16.2. The number of benzene rings is 1. The van der Waals surface area contributed by atoms with Crippen molar-refractivity contribution in [2.24, 2.45) is 0 Å². The molecule has 0 unspecified atom stereocenters. The first-order valence-corrected chi connectivity index (χ1v) is 7.74. The van der Waals surface area contributed by atoms with E-state index in [1.54, 1.807) is 25.4 Å². The molecule has 0 radical (unpaired) electrons. The van der Waals surface area contributed by atoms with Gasteiger partial charge in [-0.25, -0.2) is 4.98 Å². The molecule has 0 aliphatic rings. The van der Waals surface area contributed by atoms with Crippen molar-refractivity contribution in [1.82, 2.24) is 10.3 Å². The van der Waals surface area contributed by atoms with Crippen LogP contribution in [0.15, 0.2) is 36.5 Å². The van der Waals surface area contributed by atoms with E-state index in [2.05, 4.69) is 15.6 Å². The average Bonchev–Trinajstić information content (AvgIpc) is 2.55. The van der Waals surface area contributed by atoms with Gasteiger partial charge in [0.05, 0.1) is 5.56 Å². The van der Waals surface area contributed by atoms with Crippen LogP contribution in [0.2, 0.25) is 5.02 Å². The number of aryl methyl sites for hydroxylation is 1. The lowest BCUT2D eigenvalue weighted by Gasteiger charge is -2.08. The van der Waals surface area contributed by atoms with Crippen LogP contribution >= 0.6 is 11.6 Å². The molecule has 2 aromatic rings. The number of rotatable bonds is 7. The molecule has 1 aromatic heterocycles. The number of ether oxygens (including phenoxy) is 1. The van der Waals surface area contributed by atoms with Gasteiger partial charge in [-0.05, 0) is 43.2 Å². The highest BCUT2D eigenvalue weighted by Gasteiger charge is 2.06. The van der Waals surface area contributed by atoms with E-state index in [1.807, 2.05) is 25.1 Å². The smallest absolute Gasteiger partial charge is 0.252 e. The summed E-state index contributed by atoms with van der Waals surface area (Å²) in [5, 5.41) is 6.67. The summed E-state index contributed by atoms with van der Waals surface area (Å²) in [6, 6.07) is 9.20. The van der Waals surface area contributed by atoms with Crippen molar-refractivity contribution in [2.45, 2.75) is 13.3 Å². The maximum absolute atomic E-state index is 11.9. The van der Waals surface area contributed by atoms with Gasteiger partial charge in [0.1, 0.15) is 5.82 Å². The Morgan fingerprint density at radius 3 is 2.78 bits per heavy atom. The normalized spacial score (nSPS) is 10.4. The van der Waals surface area contributed by atoms with Crippen LogP contribution in [0.25, 0.3) is 0 Å². The molecule has 1 aromatic carbocycles. The minimum absolute atomic E-state index is 0.140. The summed E-state index contributed by atoms with van der Waals surface area (Å²) in [5.74, 6) is 0.513. The fraction of sp³-hybridized carbons (Fsp3) is 0.294. The molecule has 0 atom stereocenters. The van der Waals surface area contributed by atoms with Crippen molar-refractivity contribution >= 4 is 29.0 Å². The number of halogens is 1. The minimum atomic E-state index is -0.140. The van der Waals surface area contributed by atoms with Gasteiger partial charge in [0.25, 0.3) is 5.91 Å². The molecule has 0 spiro atoms. The first-order chi connectivity index (χ1) is 11.1. The third-order valence-electron chi connectivity index (χ3n) is 3.28. The average molecular weight is 334 g/mol. The van der Waals surface area contributed by atoms with E-state index < -0.39 is 0 Å². The predicted octanol–water partition coefficient (Wildman–Crippen LogP) is 3.55. The lowest BCUT2D eigenvalue weighted by atomic mass is 10.2. The van der Waals surface area contributed by atoms with Crippen LogP contribution in [0.4, 0.5) is 11.5 Å². The molecule has 0 saturated heterocycles. The van der Waals surface area contributed by atoms with Gasteiger partial charge in [-0.3, -0.25) is 4.79 Å². The summed E-state index contributed by atoms with van der Waals surface area (Å²) in [6.07, 6.45) is 2.33. The summed E-state index contributed by atoms with van der Waals surface area (Å²) in [5.41, 5.74) is 2.39. The van der Waals surface area contributed by atoms with Crippen molar-refractivity contribution in [3.63, 3.8) is 0 Å². The van der Waals surface area contributed by atoms with Crippen LogP contribution in [-0.2, 0) is 4.74 Å². The molecule has 0 aliphatic carbocycles. The summed E-state index contributed by atoms with van der Waals surface area (Å²) < 4.78 is 4.94. The van der Waals surface area contributed by atoms with E-state index in [9.17, 15) is 4.79 Å². The highest BCUT2D eigenvalue weighted by atomic mass is 35.5. The topological polar surface area (TPSA) is 63.2 Å². The van der Waals surface area contributed by atoms with E-state index in [0.717, 1.165) is 17.7 Å². The second-order valence-corrected chi connectivity index (χ2v) is 5.53. The third-order valence-corrected chi connectivity index (χ3v) is 3.69. The fourth-order valence-corrected chi connectivity index (χ4v) is 2.12. The Hall–Kier alpha value is -2.11. The molecule has 23 heavy (non-hydrogen) atoms. The monoisotopic (exact) mass is 333 g/mol. The van der Waals surface area contributed by atoms with Crippen molar-refractivity contribution in [3.8, 4) is 0 Å². The lowest BCUT2D eigenvalue weighted by molar-refractivity contribution is 0.0948. The largest absolute Gasteiger partial charge is 0.385 e. The Bertz CT molecular complexity index is 659. The van der Waals surface area contributed by atoms with E-state index in [4.69, 9.17) is 16.3 Å². The number of carbonyl (C=O) groups is 1. The van der Waals surface area contributed by atoms with Gasteiger partial charge in [-0.1, -0.05) is 17.7 Å². The van der Waals surface area contributed by atoms with Crippen LogP contribution in [0.5, 0.6) is 0 Å². The molecular weight excluding hydrogens is 314 g/mol. The number of anilines is 2. The van der Waals surface area contributed by atoms with Crippen molar-refractivity contribution < 1.29 is 9.53 Å². The summed E-state index contributed by atoms with van der Waals surface area (Å²) >= 11 is 6.10. The van der Waals surface area contributed by atoms with E-state index in [0.29, 0.717) is 29.6 Å². The number of nitrogens with one attached hydrogen (secondary N) is 2. The number of methoxy groups -OCH3 is 1. The molecule has 1 heterocycles. The molecular formula is C17H20ClN3O2. The van der Waals surface area contributed by atoms with Gasteiger partial charge in [0, 0.05) is 37.2 Å². The van der Waals surface area contributed by atoms with Gasteiger partial charge in [-0.2, -0.15) is 0 Å². The van der Waals surface area contributed by atoms with Crippen LogP contribution in [0, 0.1) is 6.92 Å². The zero-order valence-electron chi connectivity index (χ0n) is 13.2. The lowest BCUT2D eigenvalue weighted by Crippen LogP contribution is -2.25. The van der Waals surface area contributed by atoms with Crippen molar-refractivity contribution in [2.75, 3.05) is 25.6 Å². The zero-order chi connectivity index (χ0) is 16.7. The molecule has 0 bridgehead atoms. The van der Waals surface area contributed by atoms with Gasteiger partial charge in [-0.15, -0.1) is 0 Å². The first kappa shape index (κ1) is 17.2. The van der Waals surface area contributed by atoms with Gasteiger partial charge in [0.2, 0.25) is 0 Å². The number of hydrogen-bond donors (Lipinski definition) is 2. The van der Waals surface area contributed by atoms with Gasteiger partial charge >= 0.3 is 0 Å². The Labute approximate surface area is 141 Å². The molecule has 122 valence electrons. The number of nitrogens with zero attached hydrogens (tertiary/aromatic N) is 1. The SMILES string of the molecule is COCCCNC(=O)c1ccc(Nc2ccc(C)c(Cl)c2)nc1. The first-order valence-electron chi connectivity index (χ1n) is 7.36. The number of pyridine rings is 1. The van der Waals surface area contributed by atoms with E-state index >= 15 is 0 Å². The van der Waals surface area contributed by atoms with E-state index in [-0.39, 0.29) is 5.91 Å². The van der Waals surface area contributed by atoms with Crippen LogP contribution < -0.4 is 10.6 Å². The molecule has 0 aliphatic heterocycles. The molecule has 2 rings (SSSR count). The van der Waals surface area contributed by atoms with Crippen LogP contribution in [-0.4, -0.2) is 31.2 Å². The predicted molar refractivity (Wildman–Crippen MR) is 92.5 cm³/mol. The molecule has 5 nitrogen and oxygen atoms in total. The highest BCUT2D eigenvalue weighted by Crippen LogP contribution is 2.22. The Morgan fingerprint density at radius 2 is 2.13 bits per heavy atom. The Kier molecular flexibility index (Phi) is 6.38. The molecule has 0 fully saturated rings. The quantitative estimate of drug-likeness (QED) is 0.760. The molecule has 1 amide bonds. The fourth-order valence-electron chi connectivity index (χ4n) is 1.94. The van der Waals surface area contributed by atoms with Crippen LogP contribution in [0.1, 0.15) is 22.3 Å². The molecule has 2 N–H and O–H groups in total. The molecule has 0 saturated carbocycles. The minimum Gasteiger partial charge on any atom is -0.385 e. The van der Waals surface area contributed by atoms with Gasteiger partial charge < -0.3 is 15.4 Å². The van der Waals surface area contributed by atoms with Crippen LogP contribution in [0.3, 0.4) is 0 Å². The second kappa shape index (κ2) is 8.50. The van der Waals surface area contributed by atoms with Crippen molar-refractivity contribution in [1.29, 1.82) is 0 Å². The number of carbonyl (C=O) groups excluding carboxylic acids is 1. The summed E-state index contributed by atoms with van der Waals surface area (Å²) in [6.45, 7) is 3.15. The Balaban J connectivity index is 1.93. The third kappa shape index (κ3) is 5.23. The Morgan fingerprint density at radius 1 is 1.30 bits per heavy atom. The second-order valence-electron chi connectivity index (χ2n) is 5.12. The standard InChI is InChI=1S/C17H20ClN3O2/c1-12-4-6-14(10-15(12)18)21-16-7-5-13(11-20-16)17(22)19-8-3-9-23-2/h4-7,10-11H,3,8-9H2,1-2H3,(H,19,22)(H,20,21). The number of hydrogen-bond acceptors (Lipinski definition) is 4. The highest BCUT2D eigenvalue weighted by molar-refractivity contribution is 6.31. The molecule has 6 heteroatoms. The maximum Gasteiger partial charge on any atom is 0.252 e. The van der Waals surface area contributed by atoms with Crippen molar-refractivity contribution in [3.05, 3.63) is 52.7 Å². The summed E-state index contributed by atoms with van der Waals surface area (Å²) in [7, 11) is 1.64. The van der Waals surface area contributed by atoms with Gasteiger partial charge in [0.15, 0.2) is 0 Å².